The predicted octanol–water partition coefficient (Wildman–Crippen LogP) is 4.66. The molecule has 2 unspecified atom stereocenters. The number of carbonyl (C=O) groups is 2. The zero-order valence-electron chi connectivity index (χ0n) is 22.0. The highest BCUT2D eigenvalue weighted by Gasteiger charge is 2.45. The third-order valence-corrected chi connectivity index (χ3v) is 7.62. The van der Waals surface area contributed by atoms with Crippen LogP contribution in [0.2, 0.25) is 0 Å². The van der Waals surface area contributed by atoms with Gasteiger partial charge in [-0.05, 0) is 17.0 Å². The van der Waals surface area contributed by atoms with Gasteiger partial charge in [-0.15, -0.1) is 0 Å². The van der Waals surface area contributed by atoms with Gasteiger partial charge in [0.2, 0.25) is 0 Å². The van der Waals surface area contributed by atoms with Crippen LogP contribution in [0.3, 0.4) is 0 Å². The molecule has 0 bridgehead atoms. The Labute approximate surface area is 223 Å². The zero-order valence-corrected chi connectivity index (χ0v) is 22.9. The molecule has 1 aliphatic rings. The van der Waals surface area contributed by atoms with Crippen molar-refractivity contribution in [3.8, 4) is 0 Å². The molecule has 0 saturated carbocycles. The van der Waals surface area contributed by atoms with Crippen molar-refractivity contribution in [1.29, 1.82) is 0 Å². The van der Waals surface area contributed by atoms with E-state index in [1.165, 1.54) is 14.0 Å². The lowest BCUT2D eigenvalue weighted by Gasteiger charge is -2.43. The predicted molar refractivity (Wildman–Crippen MR) is 137 cm³/mol. The average Bonchev–Trinajstić information content (AvgIpc) is 2.93. The highest BCUT2D eigenvalue weighted by atomic mass is 31.2. The van der Waals surface area contributed by atoms with Crippen molar-refractivity contribution in [3.63, 3.8) is 0 Å². The summed E-state index contributed by atoms with van der Waals surface area (Å²) in [4.78, 5) is 23.3. The Morgan fingerprint density at radius 1 is 0.868 bits per heavy atom. The molecule has 0 radical (unpaired) electrons. The van der Waals surface area contributed by atoms with Crippen LogP contribution >= 0.6 is 7.82 Å². The molecule has 0 spiro atoms. The summed E-state index contributed by atoms with van der Waals surface area (Å²) >= 11 is 0. The fourth-order valence-corrected chi connectivity index (χ4v) is 5.05. The van der Waals surface area contributed by atoms with Gasteiger partial charge < -0.3 is 18.9 Å². The molecule has 5 atom stereocenters. The molecule has 2 aromatic carbocycles. The minimum atomic E-state index is -4.04. The summed E-state index contributed by atoms with van der Waals surface area (Å²) < 4.78 is 52.5. The van der Waals surface area contributed by atoms with Gasteiger partial charge in [0.05, 0.1) is 33.0 Å². The third-order valence-electron chi connectivity index (χ3n) is 6.27. The molecule has 0 N–H and O–H groups in total. The lowest BCUT2D eigenvalue weighted by Crippen LogP contribution is -2.53. The molecule has 0 amide bonds. The van der Waals surface area contributed by atoms with Gasteiger partial charge in [0.25, 0.3) is 0 Å². The second-order valence-corrected chi connectivity index (χ2v) is 10.7. The largest absolute Gasteiger partial charge is 0.475 e. The van der Waals surface area contributed by atoms with Crippen molar-refractivity contribution in [2.75, 3.05) is 20.3 Å². The van der Waals surface area contributed by atoms with Gasteiger partial charge in [-0.1, -0.05) is 74.5 Å². The molecular weight excluding hydrogens is 515 g/mol. The van der Waals surface area contributed by atoms with E-state index < -0.39 is 44.9 Å². The Kier molecular flexibility index (Phi) is 11.5. The second-order valence-electron chi connectivity index (χ2n) is 8.98. The molecule has 11 heteroatoms. The van der Waals surface area contributed by atoms with Crippen LogP contribution in [0.25, 0.3) is 0 Å². The van der Waals surface area contributed by atoms with Crippen molar-refractivity contribution >= 4 is 19.8 Å². The van der Waals surface area contributed by atoms with Crippen LogP contribution in [-0.2, 0) is 59.9 Å². The number of phosphoric acid groups is 1. The minimum absolute atomic E-state index is 0.0176. The number of ether oxygens (including phenoxy) is 4. The van der Waals surface area contributed by atoms with Crippen LogP contribution in [0.5, 0.6) is 0 Å². The minimum Gasteiger partial charge on any atom is -0.467 e. The maximum atomic E-state index is 13.7. The number of rotatable bonds is 13. The topological polar surface area (TPSA) is 116 Å². The van der Waals surface area contributed by atoms with Crippen LogP contribution < -0.4 is 0 Å². The standard InChI is InChI=1S/C27H35O10P/c1-19-20(2)26(36-21(3)28)27(32-18-25(29)31-4)37-24(19)17-35-38(30,33-15-22-11-7-5-8-12-22)34-16-23-13-9-6-10-14-23/h5-14,19-20,24,26-27H,15-18H2,1-4H3/t19-,20-,24?,26?,27-/m0/s1. The molecule has 10 nitrogen and oxygen atoms in total. The monoisotopic (exact) mass is 550 g/mol. The Morgan fingerprint density at radius 2 is 1.42 bits per heavy atom. The second kappa shape index (κ2) is 14.5. The van der Waals surface area contributed by atoms with E-state index in [0.717, 1.165) is 11.1 Å². The third kappa shape index (κ3) is 9.01. The summed E-state index contributed by atoms with van der Waals surface area (Å²) in [6, 6.07) is 18.5. The van der Waals surface area contributed by atoms with Gasteiger partial charge in [-0.3, -0.25) is 18.4 Å². The van der Waals surface area contributed by atoms with Crippen molar-refractivity contribution < 1.29 is 46.7 Å². The molecule has 1 fully saturated rings. The smallest absolute Gasteiger partial charge is 0.467 e. The normalized spacial score (nSPS) is 23.5. The van der Waals surface area contributed by atoms with Crippen LogP contribution in [0, 0.1) is 11.8 Å². The summed E-state index contributed by atoms with van der Waals surface area (Å²) in [6.07, 6.45) is -2.46. The number of benzene rings is 2. The van der Waals surface area contributed by atoms with Gasteiger partial charge in [-0.25, -0.2) is 9.36 Å². The molecule has 1 saturated heterocycles. The van der Waals surface area contributed by atoms with Crippen molar-refractivity contribution in [1.82, 2.24) is 0 Å². The first kappa shape index (κ1) is 30.0. The van der Waals surface area contributed by atoms with E-state index in [1.54, 1.807) is 0 Å². The van der Waals surface area contributed by atoms with E-state index in [0.29, 0.717) is 0 Å². The number of methoxy groups -OCH3 is 1. The average molecular weight is 551 g/mol. The molecule has 1 aliphatic heterocycles. The van der Waals surface area contributed by atoms with E-state index in [2.05, 4.69) is 4.74 Å². The van der Waals surface area contributed by atoms with Crippen molar-refractivity contribution in [2.24, 2.45) is 11.8 Å². The molecule has 3 rings (SSSR count). The fraction of sp³-hybridized carbons (Fsp3) is 0.481. The van der Waals surface area contributed by atoms with E-state index >= 15 is 0 Å². The highest BCUT2D eigenvalue weighted by molar-refractivity contribution is 7.48. The SMILES string of the molecule is COC(=O)CO[C@H]1OC(COP(=O)(OCc2ccccc2)OCc2ccccc2)[C@@H](C)[C@H](C)C1OC(C)=O. The number of carbonyl (C=O) groups excluding carboxylic acids is 2. The van der Waals surface area contributed by atoms with Crippen LogP contribution in [-0.4, -0.2) is 50.8 Å². The van der Waals surface area contributed by atoms with E-state index in [-0.39, 0.29) is 31.7 Å². The Balaban J connectivity index is 1.71. The maximum Gasteiger partial charge on any atom is 0.475 e. The first-order valence-corrected chi connectivity index (χ1v) is 13.8. The summed E-state index contributed by atoms with van der Waals surface area (Å²) in [5.74, 6) is -1.55. The van der Waals surface area contributed by atoms with Crippen molar-refractivity contribution in [2.45, 2.75) is 52.5 Å². The number of phosphoric ester groups is 1. The van der Waals surface area contributed by atoms with Gasteiger partial charge in [-0.2, -0.15) is 0 Å². The summed E-state index contributed by atoms with van der Waals surface area (Å²) in [7, 11) is -2.80. The van der Waals surface area contributed by atoms with Gasteiger partial charge in [0.1, 0.15) is 6.61 Å². The zero-order chi connectivity index (χ0) is 27.5. The molecule has 0 aliphatic carbocycles. The van der Waals surface area contributed by atoms with Crippen LogP contribution in [0.15, 0.2) is 60.7 Å². The van der Waals surface area contributed by atoms with Crippen molar-refractivity contribution in [3.05, 3.63) is 71.8 Å². The summed E-state index contributed by atoms with van der Waals surface area (Å²) in [5.41, 5.74) is 1.60. The van der Waals surface area contributed by atoms with Crippen LogP contribution in [0.1, 0.15) is 31.9 Å². The van der Waals surface area contributed by atoms with Gasteiger partial charge in [0, 0.05) is 12.8 Å². The molecule has 0 aromatic heterocycles. The number of hydrogen-bond donors (Lipinski definition) is 0. The molecule has 38 heavy (non-hydrogen) atoms. The lowest BCUT2D eigenvalue weighted by molar-refractivity contribution is -0.278. The molecule has 1 heterocycles. The molecule has 208 valence electrons. The number of esters is 2. The van der Waals surface area contributed by atoms with E-state index in [9.17, 15) is 14.2 Å². The maximum absolute atomic E-state index is 13.7. The molecular formula is C27H35O10P. The first-order chi connectivity index (χ1) is 18.2. The Bertz CT molecular complexity index is 1020. The highest BCUT2D eigenvalue weighted by Crippen LogP contribution is 2.51. The van der Waals surface area contributed by atoms with Gasteiger partial charge in [0.15, 0.2) is 12.4 Å². The Morgan fingerprint density at radius 3 is 1.92 bits per heavy atom. The molecule has 2 aromatic rings. The van der Waals surface area contributed by atoms with E-state index in [1.807, 2.05) is 74.5 Å². The first-order valence-electron chi connectivity index (χ1n) is 12.3. The summed E-state index contributed by atoms with van der Waals surface area (Å²) in [5, 5.41) is 0. The quantitative estimate of drug-likeness (QED) is 0.257. The fourth-order valence-electron chi connectivity index (χ4n) is 3.88. The summed E-state index contributed by atoms with van der Waals surface area (Å²) in [6.45, 7) is 4.54. The van der Waals surface area contributed by atoms with Crippen LogP contribution in [0.4, 0.5) is 0 Å². The van der Waals surface area contributed by atoms with Gasteiger partial charge >= 0.3 is 19.8 Å². The Hall–Kier alpha value is -2.59. The van der Waals surface area contributed by atoms with E-state index in [4.69, 9.17) is 27.8 Å². The lowest BCUT2D eigenvalue weighted by atomic mass is 9.83. The number of hydrogen-bond acceptors (Lipinski definition) is 10.